The molecule has 1 amide bonds. The molecule has 10 heteroatoms. The van der Waals surface area contributed by atoms with E-state index in [9.17, 15) is 18.0 Å². The van der Waals surface area contributed by atoms with Crippen molar-refractivity contribution >= 4 is 6.09 Å². The molecular weight excluding hydrogens is 417 g/mol. The van der Waals surface area contributed by atoms with Gasteiger partial charge < -0.3 is 14.4 Å². The lowest BCUT2D eigenvalue weighted by molar-refractivity contribution is -0.342. The van der Waals surface area contributed by atoms with Crippen molar-refractivity contribution in [3.8, 4) is 5.75 Å². The molecule has 1 aromatic rings. The van der Waals surface area contributed by atoms with Crippen molar-refractivity contribution in [1.82, 2.24) is 10.1 Å². The van der Waals surface area contributed by atoms with Crippen LogP contribution in [0.25, 0.3) is 0 Å². The third-order valence-electron chi connectivity index (χ3n) is 5.36. The summed E-state index contributed by atoms with van der Waals surface area (Å²) in [4.78, 5) is 23.8. The number of hydroxylamine groups is 2. The van der Waals surface area contributed by atoms with Crippen LogP contribution in [0.2, 0.25) is 0 Å². The molecule has 0 aliphatic heterocycles. The van der Waals surface area contributed by atoms with Gasteiger partial charge in [-0.3, -0.25) is 9.68 Å². The summed E-state index contributed by atoms with van der Waals surface area (Å²) in [6.07, 6.45) is 0.179. The number of rotatable bonds is 10. The van der Waals surface area contributed by atoms with E-state index < -0.39 is 17.8 Å². The molecule has 31 heavy (non-hydrogen) atoms. The SMILES string of the molecule is CON(CCCCOC1CCC(N(C)C(=O)Oc2ccc(C(F)(F)F)cc2)CC1)OC. The van der Waals surface area contributed by atoms with E-state index in [2.05, 4.69) is 0 Å². The highest BCUT2D eigenvalue weighted by Crippen LogP contribution is 2.30. The first-order chi connectivity index (χ1) is 14.7. The molecule has 0 atom stereocenters. The summed E-state index contributed by atoms with van der Waals surface area (Å²) in [6.45, 7) is 1.32. The molecule has 0 saturated heterocycles. The molecule has 0 radical (unpaired) electrons. The quantitative estimate of drug-likeness (QED) is 0.383. The van der Waals surface area contributed by atoms with Crippen LogP contribution in [0.5, 0.6) is 5.75 Å². The van der Waals surface area contributed by atoms with Crippen molar-refractivity contribution in [2.24, 2.45) is 0 Å². The van der Waals surface area contributed by atoms with Crippen LogP contribution < -0.4 is 4.74 Å². The van der Waals surface area contributed by atoms with Gasteiger partial charge in [0, 0.05) is 19.7 Å². The fraction of sp³-hybridized carbons (Fsp3) is 0.667. The molecule has 2 rings (SSSR count). The molecule has 1 saturated carbocycles. The van der Waals surface area contributed by atoms with Crippen LogP contribution in [0.3, 0.4) is 0 Å². The van der Waals surface area contributed by atoms with Crippen molar-refractivity contribution in [3.63, 3.8) is 0 Å². The van der Waals surface area contributed by atoms with Crippen LogP contribution in [0.15, 0.2) is 24.3 Å². The monoisotopic (exact) mass is 448 g/mol. The molecule has 7 nitrogen and oxygen atoms in total. The normalized spacial score (nSPS) is 19.5. The molecule has 0 unspecified atom stereocenters. The average Bonchev–Trinajstić information content (AvgIpc) is 2.76. The lowest BCUT2D eigenvalue weighted by atomic mass is 9.92. The number of benzene rings is 1. The van der Waals surface area contributed by atoms with Gasteiger partial charge in [0.05, 0.1) is 32.4 Å². The predicted molar refractivity (Wildman–Crippen MR) is 107 cm³/mol. The second-order valence-electron chi connectivity index (χ2n) is 7.43. The Labute approximate surface area is 180 Å². The van der Waals surface area contributed by atoms with E-state index in [0.29, 0.717) is 13.2 Å². The van der Waals surface area contributed by atoms with E-state index in [1.807, 2.05) is 0 Å². The Hall–Kier alpha value is -1.88. The van der Waals surface area contributed by atoms with Crippen LogP contribution in [0, 0.1) is 0 Å². The minimum absolute atomic E-state index is 0.0127. The molecule has 0 N–H and O–H groups in total. The average molecular weight is 448 g/mol. The van der Waals surface area contributed by atoms with Crippen LogP contribution in [0.4, 0.5) is 18.0 Å². The van der Waals surface area contributed by atoms with Gasteiger partial charge in [0.15, 0.2) is 0 Å². The summed E-state index contributed by atoms with van der Waals surface area (Å²) in [6, 6.07) is 4.11. The van der Waals surface area contributed by atoms with Gasteiger partial charge in [-0.2, -0.15) is 13.2 Å². The second-order valence-corrected chi connectivity index (χ2v) is 7.43. The van der Waals surface area contributed by atoms with Gasteiger partial charge in [0.2, 0.25) is 0 Å². The molecule has 0 heterocycles. The smallest absolute Gasteiger partial charge is 0.410 e. The number of alkyl halides is 3. The fourth-order valence-corrected chi connectivity index (χ4v) is 3.48. The Kier molecular flexibility index (Phi) is 10.0. The van der Waals surface area contributed by atoms with Crippen molar-refractivity contribution in [2.75, 3.05) is 34.4 Å². The van der Waals surface area contributed by atoms with Gasteiger partial charge in [0.25, 0.3) is 0 Å². The van der Waals surface area contributed by atoms with Crippen LogP contribution >= 0.6 is 0 Å². The summed E-state index contributed by atoms with van der Waals surface area (Å²) in [5.41, 5.74) is -0.784. The van der Waals surface area contributed by atoms with Gasteiger partial charge in [-0.15, -0.1) is 0 Å². The zero-order valence-electron chi connectivity index (χ0n) is 18.2. The van der Waals surface area contributed by atoms with Crippen LogP contribution in [0.1, 0.15) is 44.1 Å². The van der Waals surface area contributed by atoms with Crippen molar-refractivity contribution in [1.29, 1.82) is 0 Å². The van der Waals surface area contributed by atoms with Gasteiger partial charge >= 0.3 is 12.3 Å². The maximum absolute atomic E-state index is 12.6. The van der Waals surface area contributed by atoms with E-state index in [-0.39, 0.29) is 17.9 Å². The number of unbranched alkanes of at least 4 members (excludes halogenated alkanes) is 1. The Bertz CT molecular complexity index is 660. The number of hydrogen-bond donors (Lipinski definition) is 0. The van der Waals surface area contributed by atoms with E-state index in [1.54, 1.807) is 21.3 Å². The Morgan fingerprint density at radius 2 is 1.65 bits per heavy atom. The highest BCUT2D eigenvalue weighted by molar-refractivity contribution is 5.70. The molecule has 0 spiro atoms. The Morgan fingerprint density at radius 1 is 1.03 bits per heavy atom. The number of carbonyl (C=O) groups is 1. The van der Waals surface area contributed by atoms with Crippen LogP contribution in [-0.2, 0) is 20.6 Å². The van der Waals surface area contributed by atoms with E-state index >= 15 is 0 Å². The summed E-state index contributed by atoms with van der Waals surface area (Å²) < 4.78 is 49.0. The first-order valence-electron chi connectivity index (χ1n) is 10.3. The molecule has 176 valence electrons. The summed E-state index contributed by atoms with van der Waals surface area (Å²) in [7, 11) is 4.75. The van der Waals surface area contributed by atoms with Gasteiger partial charge in [0.1, 0.15) is 5.75 Å². The minimum Gasteiger partial charge on any atom is -0.410 e. The highest BCUT2D eigenvalue weighted by Gasteiger charge is 2.31. The molecule has 0 aromatic heterocycles. The van der Waals surface area contributed by atoms with Crippen molar-refractivity contribution < 1.29 is 37.1 Å². The zero-order chi connectivity index (χ0) is 22.9. The van der Waals surface area contributed by atoms with Gasteiger partial charge in [-0.25, -0.2) is 4.79 Å². The van der Waals surface area contributed by atoms with E-state index in [0.717, 1.165) is 62.8 Å². The minimum atomic E-state index is -4.42. The predicted octanol–water partition coefficient (Wildman–Crippen LogP) is 4.67. The highest BCUT2D eigenvalue weighted by atomic mass is 19.4. The van der Waals surface area contributed by atoms with E-state index in [4.69, 9.17) is 19.1 Å². The fourth-order valence-electron chi connectivity index (χ4n) is 3.48. The molecule has 1 aliphatic rings. The van der Waals surface area contributed by atoms with Gasteiger partial charge in [-0.05, 0) is 62.8 Å². The molecule has 0 bridgehead atoms. The molecular formula is C21H31F3N2O5. The molecule has 1 aliphatic carbocycles. The molecule has 1 fully saturated rings. The first-order valence-corrected chi connectivity index (χ1v) is 10.3. The Balaban J connectivity index is 1.68. The summed E-state index contributed by atoms with van der Waals surface area (Å²) in [5.74, 6) is 0.0855. The number of nitrogens with zero attached hydrogens (tertiary/aromatic N) is 2. The second kappa shape index (κ2) is 12.2. The van der Waals surface area contributed by atoms with Crippen molar-refractivity contribution in [3.05, 3.63) is 29.8 Å². The largest absolute Gasteiger partial charge is 0.416 e. The third-order valence-corrected chi connectivity index (χ3v) is 5.36. The lowest BCUT2D eigenvalue weighted by Crippen LogP contribution is -2.42. The first kappa shape index (κ1) is 25.4. The number of ether oxygens (including phenoxy) is 2. The standard InChI is InChI=1S/C21H31F3N2O5/c1-25(20(27)31-19-10-6-16(7-11-19)21(22,23)24)17-8-12-18(13-9-17)30-15-5-4-14-26(28-2)29-3/h6-7,10-11,17-18H,4-5,8-9,12-15H2,1-3H3. The van der Waals surface area contributed by atoms with Crippen molar-refractivity contribution in [2.45, 2.75) is 56.8 Å². The lowest BCUT2D eigenvalue weighted by Gasteiger charge is -2.34. The maximum atomic E-state index is 12.6. The van der Waals surface area contributed by atoms with Crippen LogP contribution in [-0.4, -0.2) is 62.8 Å². The number of hydrogen-bond acceptors (Lipinski definition) is 6. The third kappa shape index (κ3) is 8.29. The summed E-state index contributed by atoms with van der Waals surface area (Å²) >= 11 is 0. The number of amides is 1. The Morgan fingerprint density at radius 3 is 2.19 bits per heavy atom. The summed E-state index contributed by atoms with van der Waals surface area (Å²) in [5, 5.41) is 1.41. The number of carbonyl (C=O) groups excluding carboxylic acids is 1. The topological polar surface area (TPSA) is 60.5 Å². The maximum Gasteiger partial charge on any atom is 0.416 e. The molecule has 1 aromatic carbocycles. The van der Waals surface area contributed by atoms with E-state index in [1.165, 1.54) is 10.1 Å². The zero-order valence-corrected chi connectivity index (χ0v) is 18.2. The number of halogens is 3. The van der Waals surface area contributed by atoms with Gasteiger partial charge in [-0.1, -0.05) is 5.23 Å².